The molecule has 3 heterocycles. The lowest BCUT2D eigenvalue weighted by Gasteiger charge is -2.32. The standard InChI is InChI=1S/C15H17F2N5O/c16-15(17)12-7-14(23)22(10-20-12)9-11-1-5-21(6-2-11)13-8-18-3-4-19-13/h3-4,7-8,10-11,15H,1-2,5-6,9H2. The summed E-state index contributed by atoms with van der Waals surface area (Å²) in [6, 6.07) is 0.916. The van der Waals surface area contributed by atoms with Gasteiger partial charge in [-0.3, -0.25) is 14.3 Å². The van der Waals surface area contributed by atoms with Crippen LogP contribution in [0.4, 0.5) is 14.6 Å². The summed E-state index contributed by atoms with van der Waals surface area (Å²) in [5, 5.41) is 0. The molecule has 0 aliphatic carbocycles. The van der Waals surface area contributed by atoms with Gasteiger partial charge < -0.3 is 4.90 Å². The number of anilines is 1. The van der Waals surface area contributed by atoms with Gasteiger partial charge in [-0.1, -0.05) is 0 Å². The Labute approximate surface area is 131 Å². The molecule has 0 amide bonds. The van der Waals surface area contributed by atoms with Crippen LogP contribution in [0.1, 0.15) is 25.0 Å². The first-order valence-corrected chi connectivity index (χ1v) is 7.49. The van der Waals surface area contributed by atoms with Gasteiger partial charge >= 0.3 is 0 Å². The van der Waals surface area contributed by atoms with Crippen molar-refractivity contribution in [2.24, 2.45) is 5.92 Å². The predicted octanol–water partition coefficient (Wildman–Crippen LogP) is 1.89. The van der Waals surface area contributed by atoms with Crippen molar-refractivity contribution in [3.8, 4) is 0 Å². The Kier molecular flexibility index (Phi) is 4.59. The van der Waals surface area contributed by atoms with Crippen LogP contribution >= 0.6 is 0 Å². The van der Waals surface area contributed by atoms with Crippen molar-refractivity contribution < 1.29 is 8.78 Å². The summed E-state index contributed by atoms with van der Waals surface area (Å²) in [5.74, 6) is 1.17. The Morgan fingerprint density at radius 2 is 2.00 bits per heavy atom. The van der Waals surface area contributed by atoms with Crippen LogP contribution in [0.5, 0.6) is 0 Å². The Morgan fingerprint density at radius 3 is 2.61 bits per heavy atom. The second-order valence-electron chi connectivity index (χ2n) is 5.60. The third-order valence-electron chi connectivity index (χ3n) is 4.07. The summed E-state index contributed by atoms with van der Waals surface area (Å²) < 4.78 is 26.4. The van der Waals surface area contributed by atoms with E-state index in [1.165, 1.54) is 10.9 Å². The van der Waals surface area contributed by atoms with E-state index in [-0.39, 0.29) is 0 Å². The van der Waals surface area contributed by atoms with Crippen molar-refractivity contribution in [3.05, 3.63) is 47.0 Å². The predicted molar refractivity (Wildman–Crippen MR) is 80.4 cm³/mol. The molecule has 23 heavy (non-hydrogen) atoms. The van der Waals surface area contributed by atoms with Crippen LogP contribution in [-0.4, -0.2) is 32.6 Å². The number of alkyl halides is 2. The maximum absolute atomic E-state index is 12.5. The minimum absolute atomic E-state index is 0.319. The number of halogens is 2. The van der Waals surface area contributed by atoms with Crippen LogP contribution in [0, 0.1) is 5.92 Å². The molecule has 2 aromatic rings. The summed E-state index contributed by atoms with van der Waals surface area (Å²) in [4.78, 5) is 26.0. The maximum Gasteiger partial charge on any atom is 0.280 e. The first kappa shape index (κ1) is 15.5. The summed E-state index contributed by atoms with van der Waals surface area (Å²) in [6.07, 6.45) is 5.35. The molecule has 0 saturated carbocycles. The van der Waals surface area contributed by atoms with Crippen molar-refractivity contribution in [1.82, 2.24) is 19.5 Å². The highest BCUT2D eigenvalue weighted by atomic mass is 19.3. The minimum Gasteiger partial charge on any atom is -0.355 e. The minimum atomic E-state index is -2.72. The average Bonchev–Trinajstić information content (AvgIpc) is 2.58. The molecule has 1 saturated heterocycles. The topological polar surface area (TPSA) is 63.9 Å². The third kappa shape index (κ3) is 3.69. The molecule has 1 aliphatic rings. The molecule has 0 radical (unpaired) electrons. The molecule has 1 aliphatic heterocycles. The van der Waals surface area contributed by atoms with E-state index < -0.39 is 17.7 Å². The summed E-state index contributed by atoms with van der Waals surface area (Å²) in [7, 11) is 0. The third-order valence-corrected chi connectivity index (χ3v) is 4.07. The molecule has 6 nitrogen and oxygen atoms in total. The zero-order valence-electron chi connectivity index (χ0n) is 12.5. The molecule has 0 N–H and O–H groups in total. The number of nitrogens with zero attached hydrogens (tertiary/aromatic N) is 5. The molecular weight excluding hydrogens is 304 g/mol. The SMILES string of the molecule is O=c1cc(C(F)F)ncn1CC1CCN(c2cnccn2)CC1. The lowest BCUT2D eigenvalue weighted by molar-refractivity contribution is 0.145. The van der Waals surface area contributed by atoms with E-state index in [9.17, 15) is 13.6 Å². The van der Waals surface area contributed by atoms with E-state index in [1.807, 2.05) is 0 Å². The summed E-state index contributed by atoms with van der Waals surface area (Å²) in [5.41, 5.74) is -0.893. The van der Waals surface area contributed by atoms with Crippen LogP contribution < -0.4 is 10.5 Å². The van der Waals surface area contributed by atoms with Crippen molar-refractivity contribution in [2.75, 3.05) is 18.0 Å². The van der Waals surface area contributed by atoms with Crippen molar-refractivity contribution >= 4 is 5.82 Å². The number of rotatable bonds is 4. The zero-order valence-corrected chi connectivity index (χ0v) is 12.5. The molecule has 2 aromatic heterocycles. The van der Waals surface area contributed by atoms with E-state index in [0.29, 0.717) is 12.5 Å². The van der Waals surface area contributed by atoms with Gasteiger partial charge in [-0.05, 0) is 18.8 Å². The molecule has 0 spiro atoms. The number of aromatic nitrogens is 4. The Balaban J connectivity index is 1.60. The smallest absolute Gasteiger partial charge is 0.280 e. The van der Waals surface area contributed by atoms with Crippen LogP contribution in [0.2, 0.25) is 0 Å². The number of hydrogen-bond donors (Lipinski definition) is 0. The van der Waals surface area contributed by atoms with E-state index in [0.717, 1.165) is 37.8 Å². The first-order valence-electron chi connectivity index (χ1n) is 7.49. The van der Waals surface area contributed by atoms with Crippen LogP contribution in [0.15, 0.2) is 35.8 Å². The summed E-state index contributed by atoms with van der Waals surface area (Å²) >= 11 is 0. The van der Waals surface area contributed by atoms with Crippen molar-refractivity contribution in [2.45, 2.75) is 25.8 Å². The molecule has 0 unspecified atom stereocenters. The zero-order chi connectivity index (χ0) is 16.2. The van der Waals surface area contributed by atoms with Gasteiger partial charge in [0.05, 0.1) is 12.5 Å². The lowest BCUT2D eigenvalue weighted by Crippen LogP contribution is -2.36. The van der Waals surface area contributed by atoms with Gasteiger partial charge in [-0.15, -0.1) is 0 Å². The fraction of sp³-hybridized carbons (Fsp3) is 0.467. The fourth-order valence-electron chi connectivity index (χ4n) is 2.77. The maximum atomic E-state index is 12.5. The molecule has 3 rings (SSSR count). The Hall–Kier alpha value is -2.38. The monoisotopic (exact) mass is 321 g/mol. The highest BCUT2D eigenvalue weighted by molar-refractivity contribution is 5.35. The first-order chi connectivity index (χ1) is 11.1. The van der Waals surface area contributed by atoms with Gasteiger partial charge in [0, 0.05) is 38.1 Å². The van der Waals surface area contributed by atoms with Gasteiger partial charge in [-0.25, -0.2) is 18.7 Å². The molecular formula is C15H17F2N5O. The second kappa shape index (κ2) is 6.80. The number of hydrogen-bond acceptors (Lipinski definition) is 5. The highest BCUT2D eigenvalue weighted by Gasteiger charge is 2.21. The second-order valence-corrected chi connectivity index (χ2v) is 5.60. The van der Waals surface area contributed by atoms with Gasteiger partial charge in [-0.2, -0.15) is 0 Å². The van der Waals surface area contributed by atoms with Crippen molar-refractivity contribution in [3.63, 3.8) is 0 Å². The Morgan fingerprint density at radius 1 is 1.22 bits per heavy atom. The normalized spacial score (nSPS) is 16.0. The lowest BCUT2D eigenvalue weighted by atomic mass is 9.97. The summed E-state index contributed by atoms with van der Waals surface area (Å²) in [6.45, 7) is 2.17. The van der Waals surface area contributed by atoms with Crippen LogP contribution in [-0.2, 0) is 6.54 Å². The van der Waals surface area contributed by atoms with Crippen molar-refractivity contribution in [1.29, 1.82) is 0 Å². The van der Waals surface area contributed by atoms with Gasteiger partial charge in [0.25, 0.3) is 12.0 Å². The van der Waals surface area contributed by atoms with E-state index in [4.69, 9.17) is 0 Å². The van der Waals surface area contributed by atoms with Crippen LogP contribution in [0.25, 0.3) is 0 Å². The van der Waals surface area contributed by atoms with Gasteiger partial charge in [0.15, 0.2) is 0 Å². The van der Waals surface area contributed by atoms with E-state index >= 15 is 0 Å². The largest absolute Gasteiger partial charge is 0.355 e. The van der Waals surface area contributed by atoms with Gasteiger partial charge in [0.2, 0.25) is 0 Å². The molecule has 0 aromatic carbocycles. The average molecular weight is 321 g/mol. The van der Waals surface area contributed by atoms with E-state index in [2.05, 4.69) is 19.9 Å². The molecule has 122 valence electrons. The van der Waals surface area contributed by atoms with Gasteiger partial charge in [0.1, 0.15) is 11.5 Å². The highest BCUT2D eigenvalue weighted by Crippen LogP contribution is 2.22. The molecule has 0 atom stereocenters. The molecule has 1 fully saturated rings. The van der Waals surface area contributed by atoms with E-state index in [1.54, 1.807) is 18.6 Å². The fourth-order valence-corrected chi connectivity index (χ4v) is 2.77. The number of piperidine rings is 1. The quantitative estimate of drug-likeness (QED) is 0.860. The Bertz CT molecular complexity index is 699. The molecule has 0 bridgehead atoms. The van der Waals surface area contributed by atoms with Crippen LogP contribution in [0.3, 0.4) is 0 Å². The molecule has 8 heteroatoms.